The van der Waals surface area contributed by atoms with Crippen LogP contribution in [0.1, 0.15) is 12.8 Å². The topological polar surface area (TPSA) is 46.4 Å². The number of nitrogens with zero attached hydrogens (tertiary/aromatic N) is 1. The molecule has 36 heavy (non-hydrogen) atoms. The zero-order valence-corrected chi connectivity index (χ0v) is 20.4. The minimum Gasteiger partial charge on any atom is -0.390 e. The largest absolute Gasteiger partial charge is 0.390 e. The third-order valence-corrected chi connectivity index (χ3v) is 7.23. The van der Waals surface area contributed by atoms with Crippen molar-refractivity contribution in [1.29, 1.82) is 0 Å². The summed E-state index contributed by atoms with van der Waals surface area (Å²) < 4.78 is 8.08. The smallest absolute Gasteiger partial charge is 0.0843 e. The van der Waals surface area contributed by atoms with Crippen LogP contribution in [-0.2, 0) is 11.3 Å². The molecule has 0 bridgehead atoms. The lowest BCUT2D eigenvalue weighted by molar-refractivity contribution is 0.101. The van der Waals surface area contributed by atoms with Gasteiger partial charge in [-0.25, -0.2) is 0 Å². The standard InChI is InChI=1S/C32H32N2O2/c35-26(20-33-21-27-15-9-19-36-27)22-34-31(25-13-5-2-6-14-25)30(24-11-3-1-4-12-24)29-18-17-23-10-7-8-16-28(23)32(29)34/h1-8,10-14,16-18,26-27,33,35H,9,15,19-22H2/t26-,27+/m1/s1. The quantitative estimate of drug-likeness (QED) is 0.278. The first-order valence-corrected chi connectivity index (χ1v) is 12.9. The molecule has 2 heterocycles. The highest BCUT2D eigenvalue weighted by Crippen LogP contribution is 2.43. The van der Waals surface area contributed by atoms with Gasteiger partial charge in [-0.1, -0.05) is 97.1 Å². The Morgan fingerprint density at radius 1 is 0.833 bits per heavy atom. The van der Waals surface area contributed by atoms with Crippen LogP contribution in [-0.4, -0.2) is 41.6 Å². The molecular weight excluding hydrogens is 444 g/mol. The summed E-state index contributed by atoms with van der Waals surface area (Å²) in [5, 5.41) is 18.3. The van der Waals surface area contributed by atoms with Gasteiger partial charge in [-0.2, -0.15) is 0 Å². The first kappa shape index (κ1) is 23.0. The van der Waals surface area contributed by atoms with Crippen molar-refractivity contribution in [2.45, 2.75) is 31.6 Å². The maximum Gasteiger partial charge on any atom is 0.0843 e. The molecule has 2 N–H and O–H groups in total. The number of benzene rings is 4. The predicted molar refractivity (Wildman–Crippen MR) is 148 cm³/mol. The molecule has 0 saturated carbocycles. The molecule has 4 aromatic carbocycles. The minimum absolute atomic E-state index is 0.262. The van der Waals surface area contributed by atoms with E-state index in [1.165, 1.54) is 32.8 Å². The summed E-state index contributed by atoms with van der Waals surface area (Å²) in [7, 11) is 0. The van der Waals surface area contributed by atoms with E-state index in [-0.39, 0.29) is 6.10 Å². The van der Waals surface area contributed by atoms with Gasteiger partial charge in [0.1, 0.15) is 0 Å². The second-order valence-electron chi connectivity index (χ2n) is 9.70. The van der Waals surface area contributed by atoms with Gasteiger partial charge in [0.15, 0.2) is 0 Å². The summed E-state index contributed by atoms with van der Waals surface area (Å²) >= 11 is 0. The number of aliphatic hydroxyl groups is 1. The van der Waals surface area contributed by atoms with Gasteiger partial charge in [0.25, 0.3) is 0 Å². The van der Waals surface area contributed by atoms with Crippen LogP contribution in [0.3, 0.4) is 0 Å². The van der Waals surface area contributed by atoms with Gasteiger partial charge in [0, 0.05) is 36.0 Å². The van der Waals surface area contributed by atoms with Gasteiger partial charge >= 0.3 is 0 Å². The molecule has 0 amide bonds. The average molecular weight is 477 g/mol. The van der Waals surface area contributed by atoms with E-state index in [2.05, 4.69) is 107 Å². The Morgan fingerprint density at radius 2 is 1.56 bits per heavy atom. The maximum atomic E-state index is 11.2. The van der Waals surface area contributed by atoms with E-state index < -0.39 is 6.10 Å². The molecule has 0 aliphatic carbocycles. The molecule has 0 unspecified atom stereocenters. The molecule has 1 aromatic heterocycles. The molecule has 0 radical (unpaired) electrons. The number of fused-ring (bicyclic) bond motifs is 3. The molecule has 182 valence electrons. The highest BCUT2D eigenvalue weighted by molar-refractivity contribution is 6.15. The molecular formula is C32H32N2O2. The number of aromatic nitrogens is 1. The summed E-state index contributed by atoms with van der Waals surface area (Å²) in [5.74, 6) is 0. The molecule has 1 saturated heterocycles. The summed E-state index contributed by atoms with van der Waals surface area (Å²) in [4.78, 5) is 0. The van der Waals surface area contributed by atoms with E-state index in [1.807, 2.05) is 0 Å². The molecule has 1 aliphatic rings. The number of nitrogens with one attached hydrogen (secondary N) is 1. The predicted octanol–water partition coefficient (Wildman–Crippen LogP) is 6.26. The van der Waals surface area contributed by atoms with E-state index in [0.29, 0.717) is 13.1 Å². The summed E-state index contributed by atoms with van der Waals surface area (Å²) in [5.41, 5.74) is 5.86. The summed E-state index contributed by atoms with van der Waals surface area (Å²) in [6.07, 6.45) is 1.95. The van der Waals surface area contributed by atoms with Crippen LogP contribution in [0.15, 0.2) is 97.1 Å². The highest BCUT2D eigenvalue weighted by Gasteiger charge is 2.23. The number of aliphatic hydroxyl groups excluding tert-OH is 1. The maximum absolute atomic E-state index is 11.2. The Morgan fingerprint density at radius 3 is 2.31 bits per heavy atom. The lowest BCUT2D eigenvalue weighted by Crippen LogP contribution is -2.35. The Labute approximate surface area is 212 Å². The lowest BCUT2D eigenvalue weighted by Gasteiger charge is -2.19. The van der Waals surface area contributed by atoms with Crippen LogP contribution in [0, 0.1) is 0 Å². The van der Waals surface area contributed by atoms with Crippen LogP contribution < -0.4 is 5.32 Å². The summed E-state index contributed by atoms with van der Waals surface area (Å²) in [6, 6.07) is 34.2. The van der Waals surface area contributed by atoms with Gasteiger partial charge in [0.05, 0.1) is 30.0 Å². The number of ether oxygens (including phenoxy) is 1. The van der Waals surface area contributed by atoms with E-state index in [4.69, 9.17) is 4.74 Å². The van der Waals surface area contributed by atoms with Crippen molar-refractivity contribution in [2.24, 2.45) is 0 Å². The van der Waals surface area contributed by atoms with Gasteiger partial charge < -0.3 is 19.7 Å². The van der Waals surface area contributed by atoms with Crippen molar-refractivity contribution in [3.63, 3.8) is 0 Å². The van der Waals surface area contributed by atoms with Gasteiger partial charge in [0.2, 0.25) is 0 Å². The SMILES string of the molecule is O[C@H](CNC[C@@H]1CCCO1)Cn1c(-c2ccccc2)c(-c2ccccc2)c2ccc3ccccc3c21. The molecule has 1 aliphatic heterocycles. The fourth-order valence-corrected chi connectivity index (χ4v) is 5.59. The monoisotopic (exact) mass is 476 g/mol. The molecule has 6 rings (SSSR count). The van der Waals surface area contributed by atoms with Crippen molar-refractivity contribution in [3.05, 3.63) is 97.1 Å². The Kier molecular flexibility index (Phi) is 6.56. The second-order valence-corrected chi connectivity index (χ2v) is 9.70. The first-order chi connectivity index (χ1) is 17.8. The van der Waals surface area contributed by atoms with Crippen LogP contribution in [0.2, 0.25) is 0 Å². The molecule has 2 atom stereocenters. The molecule has 0 spiro atoms. The molecule has 4 heteroatoms. The van der Waals surface area contributed by atoms with Crippen molar-refractivity contribution < 1.29 is 9.84 Å². The van der Waals surface area contributed by atoms with Gasteiger partial charge in [-0.3, -0.25) is 0 Å². The zero-order valence-electron chi connectivity index (χ0n) is 20.4. The number of rotatable bonds is 8. The van der Waals surface area contributed by atoms with Crippen LogP contribution in [0.4, 0.5) is 0 Å². The van der Waals surface area contributed by atoms with Crippen molar-refractivity contribution >= 4 is 21.7 Å². The first-order valence-electron chi connectivity index (χ1n) is 12.9. The molecule has 5 aromatic rings. The minimum atomic E-state index is -0.535. The fourth-order valence-electron chi connectivity index (χ4n) is 5.59. The summed E-state index contributed by atoms with van der Waals surface area (Å²) in [6.45, 7) is 2.66. The highest BCUT2D eigenvalue weighted by atomic mass is 16.5. The molecule has 1 fully saturated rings. The zero-order chi connectivity index (χ0) is 24.3. The van der Waals surface area contributed by atoms with E-state index in [1.54, 1.807) is 0 Å². The van der Waals surface area contributed by atoms with Gasteiger partial charge in [-0.15, -0.1) is 0 Å². The lowest BCUT2D eigenvalue weighted by atomic mass is 9.97. The van der Waals surface area contributed by atoms with E-state index in [9.17, 15) is 5.11 Å². The molecule has 4 nitrogen and oxygen atoms in total. The Bertz CT molecular complexity index is 1450. The average Bonchev–Trinajstić information content (AvgIpc) is 3.56. The van der Waals surface area contributed by atoms with Crippen LogP contribution >= 0.6 is 0 Å². The van der Waals surface area contributed by atoms with Crippen molar-refractivity contribution in [2.75, 3.05) is 19.7 Å². The third kappa shape index (κ3) is 4.44. The van der Waals surface area contributed by atoms with Gasteiger partial charge in [-0.05, 0) is 29.4 Å². The number of hydrogen-bond donors (Lipinski definition) is 2. The Balaban J connectivity index is 1.50. The van der Waals surface area contributed by atoms with Crippen molar-refractivity contribution in [1.82, 2.24) is 9.88 Å². The van der Waals surface area contributed by atoms with E-state index >= 15 is 0 Å². The van der Waals surface area contributed by atoms with E-state index in [0.717, 1.165) is 37.3 Å². The normalized spacial score (nSPS) is 16.6. The van der Waals surface area contributed by atoms with Crippen LogP contribution in [0.25, 0.3) is 44.1 Å². The second kappa shape index (κ2) is 10.3. The van der Waals surface area contributed by atoms with Crippen molar-refractivity contribution in [3.8, 4) is 22.4 Å². The number of hydrogen-bond acceptors (Lipinski definition) is 3. The van der Waals surface area contributed by atoms with Crippen LogP contribution in [0.5, 0.6) is 0 Å². The fraction of sp³-hybridized carbons (Fsp3) is 0.250. The third-order valence-electron chi connectivity index (χ3n) is 7.23. The Hall–Kier alpha value is -3.44.